The summed E-state index contributed by atoms with van der Waals surface area (Å²) in [4.78, 5) is 26.0. The molecular formula is C22H28ClN3O5S. The third-order valence-electron chi connectivity index (χ3n) is 7.78. The number of carbonyl (C=O) groups excluding carboxylic acids is 2. The van der Waals surface area contributed by atoms with Gasteiger partial charge < -0.3 is 5.11 Å². The van der Waals surface area contributed by atoms with Crippen molar-refractivity contribution >= 4 is 33.4 Å². The van der Waals surface area contributed by atoms with E-state index in [1.165, 1.54) is 43.5 Å². The second-order valence-corrected chi connectivity index (χ2v) is 12.4. The average Bonchev–Trinajstić information content (AvgIpc) is 3.14. The number of hydrogen-bond donors (Lipinski definition) is 3. The lowest BCUT2D eigenvalue weighted by Crippen LogP contribution is -2.58. The van der Waals surface area contributed by atoms with Gasteiger partial charge in [-0.25, -0.2) is 8.42 Å². The van der Waals surface area contributed by atoms with Gasteiger partial charge in [0.05, 0.1) is 16.4 Å². The molecule has 1 saturated heterocycles. The molecule has 174 valence electrons. The molecule has 5 fully saturated rings. The summed E-state index contributed by atoms with van der Waals surface area (Å²) in [5, 5.41) is 10.5. The Kier molecular flexibility index (Phi) is 5.51. The topological polar surface area (TPSA) is 116 Å². The Morgan fingerprint density at radius 3 is 2.09 bits per heavy atom. The number of sulfonamides is 1. The van der Waals surface area contributed by atoms with Gasteiger partial charge in [0.2, 0.25) is 15.9 Å². The number of benzene rings is 1. The van der Waals surface area contributed by atoms with Crippen LogP contribution in [0.1, 0.15) is 44.9 Å². The fraction of sp³-hybridized carbons (Fsp3) is 0.636. The van der Waals surface area contributed by atoms with Crippen molar-refractivity contribution in [2.75, 3.05) is 6.54 Å². The monoisotopic (exact) mass is 481 g/mol. The van der Waals surface area contributed by atoms with Gasteiger partial charge in [-0.3, -0.25) is 20.4 Å². The van der Waals surface area contributed by atoms with Crippen LogP contribution in [-0.2, 0) is 19.6 Å². The number of aliphatic hydroxyl groups is 1. The zero-order chi connectivity index (χ0) is 22.7. The highest BCUT2D eigenvalue weighted by Crippen LogP contribution is 2.60. The summed E-state index contributed by atoms with van der Waals surface area (Å²) in [5.41, 5.74) is 4.62. The van der Waals surface area contributed by atoms with Gasteiger partial charge in [-0.15, -0.1) is 0 Å². The summed E-state index contributed by atoms with van der Waals surface area (Å²) >= 11 is 5.85. The number of halogens is 1. The Morgan fingerprint density at radius 2 is 1.53 bits per heavy atom. The molecule has 1 aromatic carbocycles. The van der Waals surface area contributed by atoms with E-state index in [9.17, 15) is 23.1 Å². The summed E-state index contributed by atoms with van der Waals surface area (Å²) in [6, 6.07) is 4.55. The van der Waals surface area contributed by atoms with Crippen LogP contribution in [-0.4, -0.2) is 48.3 Å². The Labute approximate surface area is 192 Å². The molecule has 4 aliphatic carbocycles. The van der Waals surface area contributed by atoms with Crippen molar-refractivity contribution in [1.82, 2.24) is 15.2 Å². The molecule has 2 atom stereocenters. The highest BCUT2D eigenvalue weighted by molar-refractivity contribution is 7.89. The van der Waals surface area contributed by atoms with E-state index in [0.717, 1.165) is 23.6 Å². The van der Waals surface area contributed by atoms with E-state index < -0.39 is 33.5 Å². The first-order valence-electron chi connectivity index (χ1n) is 11.2. The van der Waals surface area contributed by atoms with Crippen LogP contribution in [0.2, 0.25) is 5.02 Å². The molecule has 5 aliphatic rings. The van der Waals surface area contributed by atoms with Gasteiger partial charge in [0.25, 0.3) is 5.91 Å². The van der Waals surface area contributed by atoms with Crippen molar-refractivity contribution in [3.63, 3.8) is 0 Å². The number of amides is 2. The third kappa shape index (κ3) is 3.83. The predicted octanol–water partition coefficient (Wildman–Crippen LogP) is 1.83. The number of hydrogen-bond acceptors (Lipinski definition) is 5. The Hall–Kier alpha value is -1.68. The largest absolute Gasteiger partial charge is 0.392 e. The summed E-state index contributed by atoms with van der Waals surface area (Å²) < 4.78 is 27.1. The smallest absolute Gasteiger partial charge is 0.256 e. The second kappa shape index (κ2) is 7.97. The summed E-state index contributed by atoms with van der Waals surface area (Å²) in [7, 11) is -4.02. The van der Waals surface area contributed by atoms with Gasteiger partial charge in [0, 0.05) is 18.0 Å². The van der Waals surface area contributed by atoms with E-state index in [1.54, 1.807) is 0 Å². The molecule has 0 spiro atoms. The van der Waals surface area contributed by atoms with E-state index >= 15 is 0 Å². The molecule has 1 aliphatic heterocycles. The molecule has 0 aromatic heterocycles. The molecule has 3 N–H and O–H groups in total. The molecule has 4 bridgehead atoms. The SMILES string of the molecule is O=C(NNC(=O)C12CC3CC(CC(C3)C1)C2)[C@@H]1C[C@H](O)CN1S(=O)(=O)c1ccc(Cl)cc1. The molecular weight excluding hydrogens is 454 g/mol. The second-order valence-electron chi connectivity index (χ2n) is 10.1. The van der Waals surface area contributed by atoms with E-state index in [-0.39, 0.29) is 23.8 Å². The number of rotatable bonds is 4. The third-order valence-corrected chi connectivity index (χ3v) is 9.92. The molecule has 6 rings (SSSR count). The van der Waals surface area contributed by atoms with Gasteiger partial charge in [-0.05, 0) is 80.5 Å². The van der Waals surface area contributed by atoms with Crippen LogP contribution in [0.5, 0.6) is 0 Å². The summed E-state index contributed by atoms with van der Waals surface area (Å²) in [6.07, 6.45) is 5.20. The Balaban J connectivity index is 1.27. The molecule has 2 amide bonds. The molecule has 4 saturated carbocycles. The fourth-order valence-electron chi connectivity index (χ4n) is 6.75. The molecule has 0 radical (unpaired) electrons. The number of carbonyl (C=O) groups is 2. The van der Waals surface area contributed by atoms with Crippen molar-refractivity contribution in [2.45, 2.75) is 62.0 Å². The van der Waals surface area contributed by atoms with Crippen molar-refractivity contribution in [3.8, 4) is 0 Å². The highest BCUT2D eigenvalue weighted by atomic mass is 35.5. The van der Waals surface area contributed by atoms with E-state index in [1.807, 2.05) is 0 Å². The van der Waals surface area contributed by atoms with Gasteiger partial charge in [-0.1, -0.05) is 11.6 Å². The fourth-order valence-corrected chi connectivity index (χ4v) is 8.52. The first-order valence-corrected chi connectivity index (χ1v) is 13.0. The lowest BCUT2D eigenvalue weighted by Gasteiger charge is -2.55. The normalized spacial score (nSPS) is 36.2. The first-order chi connectivity index (χ1) is 15.2. The van der Waals surface area contributed by atoms with Gasteiger partial charge in [0.1, 0.15) is 6.04 Å². The zero-order valence-electron chi connectivity index (χ0n) is 17.7. The van der Waals surface area contributed by atoms with Crippen LogP contribution in [0, 0.1) is 23.2 Å². The minimum Gasteiger partial charge on any atom is -0.392 e. The zero-order valence-corrected chi connectivity index (χ0v) is 19.2. The quantitative estimate of drug-likeness (QED) is 0.567. The van der Waals surface area contributed by atoms with Crippen LogP contribution < -0.4 is 10.9 Å². The number of nitrogens with one attached hydrogen (secondary N) is 2. The van der Waals surface area contributed by atoms with Gasteiger partial charge in [-0.2, -0.15) is 4.31 Å². The van der Waals surface area contributed by atoms with Crippen LogP contribution in [0.4, 0.5) is 0 Å². The maximum atomic E-state index is 13.1. The predicted molar refractivity (Wildman–Crippen MR) is 117 cm³/mol. The summed E-state index contributed by atoms with van der Waals surface area (Å²) in [6.45, 7) is -0.189. The highest BCUT2D eigenvalue weighted by Gasteiger charge is 2.55. The van der Waals surface area contributed by atoms with Crippen molar-refractivity contribution < 1.29 is 23.1 Å². The number of hydrazine groups is 1. The van der Waals surface area contributed by atoms with E-state index in [4.69, 9.17) is 11.6 Å². The molecule has 32 heavy (non-hydrogen) atoms. The first kappa shape index (κ1) is 22.1. The minimum absolute atomic E-state index is 0.00796. The van der Waals surface area contributed by atoms with Crippen LogP contribution in [0.3, 0.4) is 0 Å². The molecule has 10 heteroatoms. The number of nitrogens with zero attached hydrogens (tertiary/aromatic N) is 1. The standard InChI is InChI=1S/C22H28ClN3O5S/c23-16-1-3-18(4-2-16)32(30,31)26-12-17(27)8-19(26)20(28)24-25-21(29)22-9-13-5-14(10-22)7-15(6-13)11-22/h1-4,13-15,17,19,27H,5-12H2,(H,24,28)(H,25,29)/t13?,14?,15?,17-,19-,22?/m0/s1. The maximum Gasteiger partial charge on any atom is 0.256 e. The van der Waals surface area contributed by atoms with Crippen molar-refractivity contribution in [2.24, 2.45) is 23.2 Å². The van der Waals surface area contributed by atoms with Gasteiger partial charge in [0.15, 0.2) is 0 Å². The van der Waals surface area contributed by atoms with E-state index in [0.29, 0.717) is 22.8 Å². The molecule has 0 unspecified atom stereocenters. The minimum atomic E-state index is -4.02. The lowest BCUT2D eigenvalue weighted by atomic mass is 9.49. The maximum absolute atomic E-state index is 13.1. The van der Waals surface area contributed by atoms with E-state index in [2.05, 4.69) is 10.9 Å². The summed E-state index contributed by atoms with van der Waals surface area (Å²) in [5.74, 6) is 0.959. The van der Waals surface area contributed by atoms with Crippen LogP contribution in [0.15, 0.2) is 29.2 Å². The van der Waals surface area contributed by atoms with Crippen LogP contribution >= 0.6 is 11.6 Å². The average molecular weight is 482 g/mol. The Bertz CT molecular complexity index is 993. The molecule has 1 heterocycles. The van der Waals surface area contributed by atoms with Gasteiger partial charge >= 0.3 is 0 Å². The van der Waals surface area contributed by atoms with Crippen molar-refractivity contribution in [3.05, 3.63) is 29.3 Å². The molecule has 1 aromatic rings. The number of β-amino-alcohol motifs (C(OH)–C–C–N with tert-alkyl or cyclic N) is 1. The lowest BCUT2D eigenvalue weighted by molar-refractivity contribution is -0.149. The number of aliphatic hydroxyl groups excluding tert-OH is 1. The van der Waals surface area contributed by atoms with Crippen LogP contribution in [0.25, 0.3) is 0 Å². The Morgan fingerprint density at radius 1 is 0.969 bits per heavy atom. The molecule has 8 nitrogen and oxygen atoms in total. The van der Waals surface area contributed by atoms with Crippen molar-refractivity contribution in [1.29, 1.82) is 0 Å².